The summed E-state index contributed by atoms with van der Waals surface area (Å²) in [5, 5.41) is 2.68. The second-order valence-corrected chi connectivity index (χ2v) is 5.40. The van der Waals surface area contributed by atoms with Gasteiger partial charge in [-0.25, -0.2) is 19.3 Å². The summed E-state index contributed by atoms with van der Waals surface area (Å²) in [5.74, 6) is 0.552. The number of carbonyl (C=O) groups excluding carboxylic acids is 1. The molecule has 0 saturated heterocycles. The number of nitrogens with one attached hydrogen (secondary N) is 1. The Bertz CT molecular complexity index is 885. The first-order valence-electron chi connectivity index (χ1n) is 7.37. The number of amides is 1. The fraction of sp³-hybridized carbons (Fsp3) is 0.176. The van der Waals surface area contributed by atoms with Gasteiger partial charge < -0.3 is 5.32 Å². The predicted octanol–water partition coefficient (Wildman–Crippen LogP) is 2.98. The van der Waals surface area contributed by atoms with Gasteiger partial charge in [0, 0.05) is 11.3 Å². The van der Waals surface area contributed by atoms with E-state index in [1.54, 1.807) is 0 Å². The highest BCUT2D eigenvalue weighted by atomic mass is 19.1. The predicted molar refractivity (Wildman–Crippen MR) is 87.7 cm³/mol. The number of rotatable bonds is 3. The van der Waals surface area contributed by atoms with Crippen LogP contribution in [0.2, 0.25) is 0 Å². The highest BCUT2D eigenvalue weighted by Gasteiger charge is 2.12. The number of imidazole rings is 1. The number of halogens is 1. The lowest BCUT2D eigenvalue weighted by Crippen LogP contribution is -2.13. The van der Waals surface area contributed by atoms with Crippen LogP contribution in [-0.4, -0.2) is 25.4 Å². The first kappa shape index (κ1) is 15.8. The van der Waals surface area contributed by atoms with Gasteiger partial charge in [0.2, 0.25) is 5.95 Å². The zero-order valence-corrected chi connectivity index (χ0v) is 13.5. The number of aryl methyl sites for hydroxylation is 2. The Hall–Kier alpha value is -3.09. The first-order valence-corrected chi connectivity index (χ1v) is 7.37. The standard InChI is InChI=1S/C17H16FN5O/c1-10-11(2)23(12(3)21-10)17-19-8-15(9-20-17)22-16(24)13-4-6-14(18)7-5-13/h4-9H,1-3H3,(H,22,24). The van der Waals surface area contributed by atoms with Gasteiger partial charge in [0.1, 0.15) is 11.6 Å². The van der Waals surface area contributed by atoms with E-state index in [9.17, 15) is 9.18 Å². The summed E-state index contributed by atoms with van der Waals surface area (Å²) in [5.41, 5.74) is 2.71. The Balaban J connectivity index is 1.79. The molecule has 1 amide bonds. The molecule has 3 aromatic rings. The van der Waals surface area contributed by atoms with E-state index in [2.05, 4.69) is 20.3 Å². The van der Waals surface area contributed by atoms with E-state index in [4.69, 9.17) is 0 Å². The average molecular weight is 325 g/mol. The van der Waals surface area contributed by atoms with E-state index < -0.39 is 0 Å². The number of anilines is 1. The van der Waals surface area contributed by atoms with Crippen LogP contribution in [0, 0.1) is 26.6 Å². The largest absolute Gasteiger partial charge is 0.319 e. The van der Waals surface area contributed by atoms with Crippen LogP contribution < -0.4 is 5.32 Å². The Kier molecular flexibility index (Phi) is 4.07. The van der Waals surface area contributed by atoms with E-state index in [0.717, 1.165) is 17.2 Å². The highest BCUT2D eigenvalue weighted by molar-refractivity contribution is 6.04. The molecule has 0 aliphatic heterocycles. The molecular weight excluding hydrogens is 309 g/mol. The van der Waals surface area contributed by atoms with Gasteiger partial charge in [0.15, 0.2) is 0 Å². The number of hydrogen-bond donors (Lipinski definition) is 1. The lowest BCUT2D eigenvalue weighted by molar-refractivity contribution is 0.102. The third-order valence-corrected chi connectivity index (χ3v) is 3.71. The summed E-state index contributed by atoms with van der Waals surface area (Å²) in [6, 6.07) is 5.31. The van der Waals surface area contributed by atoms with Crippen LogP contribution in [0.3, 0.4) is 0 Å². The summed E-state index contributed by atoms with van der Waals surface area (Å²) in [6.45, 7) is 5.76. The zero-order valence-electron chi connectivity index (χ0n) is 13.5. The molecule has 2 heterocycles. The van der Waals surface area contributed by atoms with Crippen LogP contribution in [0.4, 0.5) is 10.1 Å². The maximum absolute atomic E-state index is 12.9. The van der Waals surface area contributed by atoms with Gasteiger partial charge in [-0.15, -0.1) is 0 Å². The highest BCUT2D eigenvalue weighted by Crippen LogP contribution is 2.15. The fourth-order valence-corrected chi connectivity index (χ4v) is 2.38. The van der Waals surface area contributed by atoms with Crippen molar-refractivity contribution < 1.29 is 9.18 Å². The third-order valence-electron chi connectivity index (χ3n) is 3.71. The Morgan fingerprint density at radius 2 is 1.71 bits per heavy atom. The molecule has 0 fully saturated rings. The zero-order chi connectivity index (χ0) is 17.3. The van der Waals surface area contributed by atoms with Crippen LogP contribution in [0.5, 0.6) is 0 Å². The normalized spacial score (nSPS) is 10.7. The van der Waals surface area contributed by atoms with Crippen molar-refractivity contribution in [3.63, 3.8) is 0 Å². The molecule has 0 aliphatic carbocycles. The van der Waals surface area contributed by atoms with Gasteiger partial charge in [-0.3, -0.25) is 9.36 Å². The summed E-state index contributed by atoms with van der Waals surface area (Å²) in [4.78, 5) is 25.0. The smallest absolute Gasteiger partial charge is 0.255 e. The topological polar surface area (TPSA) is 72.7 Å². The first-order chi connectivity index (χ1) is 11.5. The molecule has 122 valence electrons. The molecule has 0 unspecified atom stereocenters. The van der Waals surface area contributed by atoms with Crippen molar-refractivity contribution in [1.29, 1.82) is 0 Å². The number of nitrogens with zero attached hydrogens (tertiary/aromatic N) is 4. The molecule has 0 bridgehead atoms. The minimum atomic E-state index is -0.388. The Morgan fingerprint density at radius 1 is 1.08 bits per heavy atom. The SMILES string of the molecule is Cc1nc(C)n(-c2ncc(NC(=O)c3ccc(F)cc3)cn2)c1C. The van der Waals surface area contributed by atoms with Gasteiger partial charge in [-0.1, -0.05) is 0 Å². The average Bonchev–Trinajstić information content (AvgIpc) is 2.81. The Morgan fingerprint density at radius 3 is 2.25 bits per heavy atom. The second kappa shape index (κ2) is 6.19. The van der Waals surface area contributed by atoms with Crippen molar-refractivity contribution in [3.8, 4) is 5.95 Å². The summed E-state index contributed by atoms with van der Waals surface area (Å²) < 4.78 is 14.7. The molecule has 7 heteroatoms. The number of hydrogen-bond acceptors (Lipinski definition) is 4. The van der Waals surface area contributed by atoms with Crippen LogP contribution in [-0.2, 0) is 0 Å². The molecule has 0 spiro atoms. The van der Waals surface area contributed by atoms with Crippen LogP contribution in [0.1, 0.15) is 27.6 Å². The molecule has 1 N–H and O–H groups in total. The molecule has 3 rings (SSSR count). The van der Waals surface area contributed by atoms with Gasteiger partial charge in [-0.05, 0) is 45.0 Å². The number of carbonyl (C=O) groups is 1. The van der Waals surface area contributed by atoms with E-state index in [0.29, 0.717) is 17.2 Å². The van der Waals surface area contributed by atoms with Gasteiger partial charge >= 0.3 is 0 Å². The summed E-state index contributed by atoms with van der Waals surface area (Å²) in [6.07, 6.45) is 3.05. The van der Waals surface area contributed by atoms with Crippen molar-refractivity contribution in [2.75, 3.05) is 5.32 Å². The molecule has 0 aliphatic rings. The van der Waals surface area contributed by atoms with E-state index in [-0.39, 0.29) is 11.7 Å². The quantitative estimate of drug-likeness (QED) is 0.803. The lowest BCUT2D eigenvalue weighted by atomic mass is 10.2. The maximum Gasteiger partial charge on any atom is 0.255 e. The molecule has 1 aromatic carbocycles. The second-order valence-electron chi connectivity index (χ2n) is 5.40. The monoisotopic (exact) mass is 325 g/mol. The van der Waals surface area contributed by atoms with E-state index in [1.807, 2.05) is 25.3 Å². The summed E-state index contributed by atoms with van der Waals surface area (Å²) in [7, 11) is 0. The van der Waals surface area contributed by atoms with Gasteiger partial charge in [-0.2, -0.15) is 0 Å². The number of benzene rings is 1. The minimum absolute atomic E-state index is 0.350. The van der Waals surface area contributed by atoms with E-state index >= 15 is 0 Å². The van der Waals surface area contributed by atoms with E-state index in [1.165, 1.54) is 36.7 Å². The van der Waals surface area contributed by atoms with Gasteiger partial charge in [0.05, 0.1) is 23.8 Å². The summed E-state index contributed by atoms with van der Waals surface area (Å²) >= 11 is 0. The van der Waals surface area contributed by atoms with Crippen molar-refractivity contribution in [2.24, 2.45) is 0 Å². The fourth-order valence-electron chi connectivity index (χ4n) is 2.38. The lowest BCUT2D eigenvalue weighted by Gasteiger charge is -2.08. The molecular formula is C17H16FN5O. The molecule has 2 aromatic heterocycles. The van der Waals surface area contributed by atoms with Crippen molar-refractivity contribution in [1.82, 2.24) is 19.5 Å². The van der Waals surface area contributed by atoms with Gasteiger partial charge in [0.25, 0.3) is 5.91 Å². The molecule has 0 atom stereocenters. The van der Waals surface area contributed by atoms with Crippen LogP contribution in [0.15, 0.2) is 36.7 Å². The van der Waals surface area contributed by atoms with Crippen molar-refractivity contribution >= 4 is 11.6 Å². The molecule has 0 radical (unpaired) electrons. The molecule has 24 heavy (non-hydrogen) atoms. The van der Waals surface area contributed by atoms with Crippen LogP contribution in [0.25, 0.3) is 5.95 Å². The van der Waals surface area contributed by atoms with Crippen molar-refractivity contribution in [2.45, 2.75) is 20.8 Å². The third kappa shape index (κ3) is 3.01. The molecule has 6 nitrogen and oxygen atoms in total. The number of aromatic nitrogens is 4. The Labute approximate surface area is 138 Å². The van der Waals surface area contributed by atoms with Crippen molar-refractivity contribution in [3.05, 3.63) is 65.3 Å². The van der Waals surface area contributed by atoms with Crippen LogP contribution >= 0.6 is 0 Å². The minimum Gasteiger partial charge on any atom is -0.319 e. The maximum atomic E-state index is 12.9. The molecule has 0 saturated carbocycles.